The minimum absolute atomic E-state index is 0.142. The van der Waals surface area contributed by atoms with E-state index in [0.29, 0.717) is 5.57 Å². The lowest BCUT2D eigenvalue weighted by Gasteiger charge is -2.37. The van der Waals surface area contributed by atoms with Crippen molar-refractivity contribution in [3.63, 3.8) is 0 Å². The first-order valence-corrected chi connectivity index (χ1v) is 7.92. The zero-order valence-corrected chi connectivity index (χ0v) is 12.5. The third-order valence-corrected chi connectivity index (χ3v) is 5.07. The number of rotatable bonds is 3. The Morgan fingerprint density at radius 3 is 1.89 bits per heavy atom. The molecule has 0 aliphatic heterocycles. The van der Waals surface area contributed by atoms with E-state index >= 15 is 0 Å². The van der Waals surface area contributed by atoms with Gasteiger partial charge in [0.25, 0.3) is 0 Å². The second-order valence-corrected chi connectivity index (χ2v) is 6.74. The molecule has 2 fully saturated rings. The van der Waals surface area contributed by atoms with Crippen LogP contribution in [0.4, 0.5) is 0 Å². The fourth-order valence-electron chi connectivity index (χ4n) is 3.69. The van der Waals surface area contributed by atoms with Gasteiger partial charge in [0.1, 0.15) is 6.10 Å². The molecule has 0 saturated heterocycles. The molecule has 2 saturated carbocycles. The smallest absolute Gasteiger partial charge is 0.333 e. The molecule has 0 aromatic heterocycles. The number of hydrogen-bond acceptors (Lipinski definition) is 2. The number of ether oxygens (including phenoxy) is 1. The van der Waals surface area contributed by atoms with E-state index in [9.17, 15) is 4.79 Å². The van der Waals surface area contributed by atoms with E-state index in [1.807, 2.05) is 0 Å². The van der Waals surface area contributed by atoms with Crippen molar-refractivity contribution < 1.29 is 9.53 Å². The molecule has 0 spiro atoms. The summed E-state index contributed by atoms with van der Waals surface area (Å²) in [7, 11) is 0. The van der Waals surface area contributed by atoms with E-state index in [4.69, 9.17) is 4.74 Å². The summed E-state index contributed by atoms with van der Waals surface area (Å²) in [6, 6.07) is 0. The molecular formula is C17H28O2. The summed E-state index contributed by atoms with van der Waals surface area (Å²) in [6.07, 6.45) is 10.4. The summed E-state index contributed by atoms with van der Waals surface area (Å²) in [5.74, 6) is 2.54. The summed E-state index contributed by atoms with van der Waals surface area (Å²) in [6.45, 7) is 7.74. The summed E-state index contributed by atoms with van der Waals surface area (Å²) in [5.41, 5.74) is 0.517. The van der Waals surface area contributed by atoms with E-state index in [-0.39, 0.29) is 12.1 Å². The molecule has 0 heterocycles. The van der Waals surface area contributed by atoms with Gasteiger partial charge in [-0.05, 0) is 63.2 Å². The van der Waals surface area contributed by atoms with E-state index < -0.39 is 0 Å². The van der Waals surface area contributed by atoms with Gasteiger partial charge in [0, 0.05) is 5.57 Å². The molecule has 0 radical (unpaired) electrons. The molecule has 2 nitrogen and oxygen atoms in total. The number of carbonyl (C=O) groups excluding carboxylic acids is 1. The lowest BCUT2D eigenvalue weighted by molar-refractivity contribution is -0.146. The van der Waals surface area contributed by atoms with Gasteiger partial charge in [-0.2, -0.15) is 0 Å². The van der Waals surface area contributed by atoms with Gasteiger partial charge in [0.15, 0.2) is 0 Å². The Morgan fingerprint density at radius 2 is 1.42 bits per heavy atom. The van der Waals surface area contributed by atoms with Crippen molar-refractivity contribution in [1.82, 2.24) is 0 Å². The fraction of sp³-hybridized carbons (Fsp3) is 0.824. The highest BCUT2D eigenvalue weighted by molar-refractivity contribution is 5.87. The maximum absolute atomic E-state index is 11.5. The first-order valence-electron chi connectivity index (χ1n) is 7.92. The topological polar surface area (TPSA) is 26.3 Å². The summed E-state index contributed by atoms with van der Waals surface area (Å²) in [5, 5.41) is 0. The van der Waals surface area contributed by atoms with Gasteiger partial charge in [0.05, 0.1) is 0 Å². The van der Waals surface area contributed by atoms with E-state index in [2.05, 4.69) is 13.5 Å². The summed E-state index contributed by atoms with van der Waals surface area (Å²) < 4.78 is 5.47. The van der Waals surface area contributed by atoms with Crippen LogP contribution < -0.4 is 0 Å². The quantitative estimate of drug-likeness (QED) is 0.554. The number of esters is 1. The van der Waals surface area contributed by atoms with Crippen molar-refractivity contribution in [2.24, 2.45) is 17.8 Å². The lowest BCUT2D eigenvalue weighted by atomic mass is 9.71. The van der Waals surface area contributed by atoms with Gasteiger partial charge >= 0.3 is 5.97 Å². The average Bonchev–Trinajstić information content (AvgIpc) is 2.40. The Hall–Kier alpha value is -0.790. The van der Waals surface area contributed by atoms with Crippen molar-refractivity contribution in [2.45, 2.75) is 71.3 Å². The minimum Gasteiger partial charge on any atom is -0.459 e. The Balaban J connectivity index is 1.73. The summed E-state index contributed by atoms with van der Waals surface area (Å²) in [4.78, 5) is 11.5. The average molecular weight is 264 g/mol. The van der Waals surface area contributed by atoms with Crippen LogP contribution in [-0.2, 0) is 9.53 Å². The molecule has 0 bridgehead atoms. The van der Waals surface area contributed by atoms with Crippen molar-refractivity contribution >= 4 is 5.97 Å². The highest BCUT2D eigenvalue weighted by Gasteiger charge is 2.31. The van der Waals surface area contributed by atoms with E-state index in [1.54, 1.807) is 6.92 Å². The fourth-order valence-corrected chi connectivity index (χ4v) is 3.69. The lowest BCUT2D eigenvalue weighted by Crippen LogP contribution is -2.29. The van der Waals surface area contributed by atoms with Crippen LogP contribution in [0.3, 0.4) is 0 Å². The van der Waals surface area contributed by atoms with Crippen molar-refractivity contribution in [3.05, 3.63) is 12.2 Å². The Bertz CT molecular complexity index is 318. The van der Waals surface area contributed by atoms with Crippen LogP contribution in [0.25, 0.3) is 0 Å². The van der Waals surface area contributed by atoms with Crippen molar-refractivity contribution in [1.29, 1.82) is 0 Å². The predicted molar refractivity (Wildman–Crippen MR) is 77.8 cm³/mol. The molecule has 2 aliphatic rings. The second-order valence-electron chi connectivity index (χ2n) is 6.74. The molecule has 0 aromatic carbocycles. The second kappa shape index (κ2) is 6.58. The molecular weight excluding hydrogens is 236 g/mol. The molecule has 2 aliphatic carbocycles. The van der Waals surface area contributed by atoms with Gasteiger partial charge < -0.3 is 4.74 Å². The number of carbonyl (C=O) groups is 1. The van der Waals surface area contributed by atoms with E-state index in [1.165, 1.54) is 38.5 Å². The van der Waals surface area contributed by atoms with Crippen LogP contribution in [0, 0.1) is 17.8 Å². The van der Waals surface area contributed by atoms with Crippen LogP contribution in [0.1, 0.15) is 65.2 Å². The van der Waals surface area contributed by atoms with Crippen LogP contribution >= 0.6 is 0 Å². The number of hydrogen-bond donors (Lipinski definition) is 0. The van der Waals surface area contributed by atoms with Crippen LogP contribution in [-0.4, -0.2) is 12.1 Å². The minimum atomic E-state index is -0.213. The molecule has 0 N–H and O–H groups in total. The standard InChI is InChI=1S/C17H28O2/c1-12(2)17(18)19-16-10-8-15(9-11-16)14-6-4-13(3)5-7-14/h13-16H,1,4-11H2,2-3H3. The Labute approximate surface area is 117 Å². The normalized spacial score (nSPS) is 35.7. The molecule has 2 rings (SSSR count). The van der Waals surface area contributed by atoms with Crippen molar-refractivity contribution in [3.8, 4) is 0 Å². The first kappa shape index (κ1) is 14.6. The molecule has 0 unspecified atom stereocenters. The maximum atomic E-state index is 11.5. The third kappa shape index (κ3) is 4.09. The third-order valence-electron chi connectivity index (χ3n) is 5.07. The maximum Gasteiger partial charge on any atom is 0.333 e. The monoisotopic (exact) mass is 264 g/mol. The summed E-state index contributed by atoms with van der Waals surface area (Å²) >= 11 is 0. The van der Waals surface area contributed by atoms with Gasteiger partial charge in [0.2, 0.25) is 0 Å². The predicted octanol–water partition coefficient (Wildman–Crippen LogP) is 4.49. The first-order chi connectivity index (χ1) is 9.06. The zero-order valence-electron chi connectivity index (χ0n) is 12.5. The van der Waals surface area contributed by atoms with Gasteiger partial charge in [-0.15, -0.1) is 0 Å². The molecule has 2 heteroatoms. The highest BCUT2D eigenvalue weighted by Crippen LogP contribution is 2.40. The van der Waals surface area contributed by atoms with Crippen LogP contribution in [0.15, 0.2) is 12.2 Å². The molecule has 0 amide bonds. The molecule has 0 atom stereocenters. The van der Waals surface area contributed by atoms with Gasteiger partial charge in [-0.1, -0.05) is 26.3 Å². The zero-order chi connectivity index (χ0) is 13.8. The molecule has 108 valence electrons. The van der Waals surface area contributed by atoms with E-state index in [0.717, 1.165) is 30.6 Å². The Kier molecular flexibility index (Phi) is 5.06. The largest absolute Gasteiger partial charge is 0.459 e. The van der Waals surface area contributed by atoms with Crippen LogP contribution in [0.5, 0.6) is 0 Å². The highest BCUT2D eigenvalue weighted by atomic mass is 16.5. The van der Waals surface area contributed by atoms with Crippen molar-refractivity contribution in [2.75, 3.05) is 0 Å². The Morgan fingerprint density at radius 1 is 0.947 bits per heavy atom. The van der Waals surface area contributed by atoms with Gasteiger partial charge in [-0.3, -0.25) is 0 Å². The SMILES string of the molecule is C=C(C)C(=O)OC1CCC(C2CCC(C)CC2)CC1. The molecule has 0 aromatic rings. The van der Waals surface area contributed by atoms with Gasteiger partial charge in [-0.25, -0.2) is 4.79 Å². The molecule has 19 heavy (non-hydrogen) atoms. The van der Waals surface area contributed by atoms with Crippen LogP contribution in [0.2, 0.25) is 0 Å².